The summed E-state index contributed by atoms with van der Waals surface area (Å²) in [5.74, 6) is -4.42. The van der Waals surface area contributed by atoms with Crippen LogP contribution in [-0.4, -0.2) is 25.6 Å². The van der Waals surface area contributed by atoms with E-state index < -0.39 is 33.4 Å². The topological polar surface area (TPSA) is 34.1 Å². The fourth-order valence-electron chi connectivity index (χ4n) is 0.758. The molecule has 1 rings (SSSR count). The number of halogens is 3. The van der Waals surface area contributed by atoms with Gasteiger partial charge in [-0.05, 0) is 0 Å². The van der Waals surface area contributed by atoms with Gasteiger partial charge < -0.3 is 0 Å². The molecule has 0 amide bonds. The average molecular weight is 174 g/mol. The van der Waals surface area contributed by atoms with Crippen molar-refractivity contribution in [3.63, 3.8) is 0 Å². The minimum Gasteiger partial charge on any atom is -0.226 e. The SMILES string of the molecule is O=S1(=O)CCC(F)(F)C1F. The van der Waals surface area contributed by atoms with Gasteiger partial charge in [0, 0.05) is 6.42 Å². The largest absolute Gasteiger partial charge is 0.294 e. The Hall–Kier alpha value is -0.260. The van der Waals surface area contributed by atoms with Gasteiger partial charge in [0.1, 0.15) is 0 Å². The number of alkyl halides is 3. The van der Waals surface area contributed by atoms with E-state index in [0.717, 1.165) is 0 Å². The van der Waals surface area contributed by atoms with Crippen LogP contribution in [0.25, 0.3) is 0 Å². The Labute approximate surface area is 56.0 Å². The molecule has 0 radical (unpaired) electrons. The van der Waals surface area contributed by atoms with Gasteiger partial charge >= 0.3 is 0 Å². The lowest BCUT2D eigenvalue weighted by Crippen LogP contribution is -2.27. The first-order valence-corrected chi connectivity index (χ1v) is 4.31. The first-order valence-electron chi connectivity index (χ1n) is 2.60. The lowest BCUT2D eigenvalue weighted by atomic mass is 10.3. The van der Waals surface area contributed by atoms with E-state index in [0.29, 0.717) is 0 Å². The molecule has 1 atom stereocenters. The zero-order chi connectivity index (χ0) is 7.99. The summed E-state index contributed by atoms with van der Waals surface area (Å²) >= 11 is 0. The molecule has 0 aromatic carbocycles. The highest BCUT2D eigenvalue weighted by Crippen LogP contribution is 2.36. The van der Waals surface area contributed by atoms with Gasteiger partial charge in [0.25, 0.3) is 11.4 Å². The third-order valence-corrected chi connectivity index (χ3v) is 3.12. The van der Waals surface area contributed by atoms with Gasteiger partial charge in [-0.2, -0.15) is 0 Å². The molecule has 10 heavy (non-hydrogen) atoms. The molecule has 0 saturated carbocycles. The van der Waals surface area contributed by atoms with Crippen LogP contribution in [0.1, 0.15) is 6.42 Å². The Morgan fingerprint density at radius 2 is 1.90 bits per heavy atom. The molecule has 6 heteroatoms. The van der Waals surface area contributed by atoms with Gasteiger partial charge in [-0.3, -0.25) is 0 Å². The summed E-state index contributed by atoms with van der Waals surface area (Å²) < 4.78 is 56.9. The molecule has 1 unspecified atom stereocenters. The summed E-state index contributed by atoms with van der Waals surface area (Å²) in [5, 5.41) is 0. The quantitative estimate of drug-likeness (QED) is 0.542. The fourth-order valence-corrected chi connectivity index (χ4v) is 2.16. The summed E-state index contributed by atoms with van der Waals surface area (Å²) in [6.07, 6.45) is -0.892. The zero-order valence-corrected chi connectivity index (χ0v) is 5.67. The molecule has 0 bridgehead atoms. The van der Waals surface area contributed by atoms with E-state index in [2.05, 4.69) is 0 Å². The predicted molar refractivity (Wildman–Crippen MR) is 28.2 cm³/mol. The second-order valence-corrected chi connectivity index (χ2v) is 4.34. The Balaban J connectivity index is 2.99. The van der Waals surface area contributed by atoms with E-state index in [9.17, 15) is 21.6 Å². The number of sulfone groups is 1. The van der Waals surface area contributed by atoms with Crippen molar-refractivity contribution < 1.29 is 21.6 Å². The lowest BCUT2D eigenvalue weighted by Gasteiger charge is -2.07. The highest BCUT2D eigenvalue weighted by atomic mass is 32.2. The first kappa shape index (κ1) is 7.84. The maximum atomic E-state index is 12.1. The van der Waals surface area contributed by atoms with Crippen molar-refractivity contribution in [3.8, 4) is 0 Å². The number of hydrogen-bond donors (Lipinski definition) is 0. The van der Waals surface area contributed by atoms with Crippen molar-refractivity contribution in [3.05, 3.63) is 0 Å². The van der Waals surface area contributed by atoms with E-state index in [-0.39, 0.29) is 0 Å². The van der Waals surface area contributed by atoms with Gasteiger partial charge in [-0.15, -0.1) is 0 Å². The Morgan fingerprint density at radius 1 is 1.40 bits per heavy atom. The summed E-state index contributed by atoms with van der Waals surface area (Å²) in [6, 6.07) is 0. The third-order valence-electron chi connectivity index (χ3n) is 1.37. The lowest BCUT2D eigenvalue weighted by molar-refractivity contribution is -0.0327. The number of hydrogen-bond acceptors (Lipinski definition) is 2. The molecule has 2 nitrogen and oxygen atoms in total. The van der Waals surface area contributed by atoms with Crippen molar-refractivity contribution >= 4 is 9.84 Å². The summed E-state index contributed by atoms with van der Waals surface area (Å²) in [4.78, 5) is 0. The van der Waals surface area contributed by atoms with E-state index in [1.807, 2.05) is 0 Å². The maximum Gasteiger partial charge on any atom is 0.294 e. The van der Waals surface area contributed by atoms with E-state index in [1.165, 1.54) is 0 Å². The second kappa shape index (κ2) is 1.87. The van der Waals surface area contributed by atoms with Crippen LogP contribution in [0.3, 0.4) is 0 Å². The van der Waals surface area contributed by atoms with E-state index >= 15 is 0 Å². The van der Waals surface area contributed by atoms with Crippen LogP contribution in [0.2, 0.25) is 0 Å². The van der Waals surface area contributed by atoms with Crippen molar-refractivity contribution in [2.24, 2.45) is 0 Å². The van der Waals surface area contributed by atoms with Crippen LogP contribution >= 0.6 is 0 Å². The number of rotatable bonds is 0. The van der Waals surface area contributed by atoms with Crippen molar-refractivity contribution in [2.45, 2.75) is 17.8 Å². The van der Waals surface area contributed by atoms with Crippen LogP contribution in [0.4, 0.5) is 13.2 Å². The highest BCUT2D eigenvalue weighted by molar-refractivity contribution is 7.92. The smallest absolute Gasteiger partial charge is 0.226 e. The van der Waals surface area contributed by atoms with Gasteiger partial charge in [0.2, 0.25) is 0 Å². The average Bonchev–Trinajstić information content (AvgIpc) is 1.95. The van der Waals surface area contributed by atoms with Gasteiger partial charge in [-0.25, -0.2) is 21.6 Å². The molecule has 0 aliphatic carbocycles. The third kappa shape index (κ3) is 1.00. The first-order chi connectivity index (χ1) is 4.36. The second-order valence-electron chi connectivity index (χ2n) is 2.19. The Morgan fingerprint density at radius 3 is 2.00 bits per heavy atom. The summed E-state index contributed by atoms with van der Waals surface area (Å²) in [7, 11) is -4.15. The molecule has 0 N–H and O–H groups in total. The van der Waals surface area contributed by atoms with E-state index in [4.69, 9.17) is 0 Å². The molecule has 0 aromatic heterocycles. The fraction of sp³-hybridized carbons (Fsp3) is 1.00. The van der Waals surface area contributed by atoms with Crippen LogP contribution in [0.5, 0.6) is 0 Å². The van der Waals surface area contributed by atoms with Crippen LogP contribution < -0.4 is 0 Å². The molecular weight excluding hydrogens is 169 g/mol. The van der Waals surface area contributed by atoms with Crippen molar-refractivity contribution in [1.82, 2.24) is 0 Å². The van der Waals surface area contributed by atoms with Crippen molar-refractivity contribution in [1.29, 1.82) is 0 Å². The van der Waals surface area contributed by atoms with Crippen LogP contribution in [0.15, 0.2) is 0 Å². The maximum absolute atomic E-state index is 12.1. The normalized spacial score (nSPS) is 36.1. The Kier molecular flexibility index (Phi) is 1.47. The standard InChI is InChI=1S/C4H5F3O2S/c5-3-4(6,7)1-2-10(3,8)9/h3H,1-2H2. The molecule has 1 heterocycles. The summed E-state index contributed by atoms with van der Waals surface area (Å²) in [6.45, 7) is 0. The molecule has 1 saturated heterocycles. The monoisotopic (exact) mass is 174 g/mol. The predicted octanol–water partition coefficient (Wildman–Crippen LogP) is 0.736. The van der Waals surface area contributed by atoms with Gasteiger partial charge in [0.05, 0.1) is 5.75 Å². The molecule has 1 fully saturated rings. The summed E-state index contributed by atoms with van der Waals surface area (Å²) in [5.41, 5.74) is -2.99. The molecule has 0 spiro atoms. The molecular formula is C4H5F3O2S. The van der Waals surface area contributed by atoms with Crippen LogP contribution in [0, 0.1) is 0 Å². The van der Waals surface area contributed by atoms with E-state index in [1.54, 1.807) is 0 Å². The highest BCUT2D eigenvalue weighted by Gasteiger charge is 2.54. The molecule has 1 aliphatic rings. The minimum atomic E-state index is -4.15. The molecule has 0 aromatic rings. The molecule has 60 valence electrons. The zero-order valence-electron chi connectivity index (χ0n) is 4.85. The van der Waals surface area contributed by atoms with Gasteiger partial charge in [0.15, 0.2) is 9.84 Å². The van der Waals surface area contributed by atoms with Gasteiger partial charge in [-0.1, -0.05) is 0 Å². The van der Waals surface area contributed by atoms with Crippen LogP contribution in [-0.2, 0) is 9.84 Å². The minimum absolute atomic E-state index is 0.749. The molecule has 1 aliphatic heterocycles. The Bertz CT molecular complexity index is 233. The van der Waals surface area contributed by atoms with Crippen molar-refractivity contribution in [2.75, 3.05) is 5.75 Å².